The molecule has 190 valence electrons. The fourth-order valence-electron chi connectivity index (χ4n) is 3.74. The molecule has 1 N–H and O–H groups in total. The van der Waals surface area contributed by atoms with E-state index >= 15 is 0 Å². The van der Waals surface area contributed by atoms with Gasteiger partial charge in [-0.2, -0.15) is 0 Å². The van der Waals surface area contributed by atoms with Crippen molar-refractivity contribution in [2.45, 2.75) is 31.6 Å². The zero-order chi connectivity index (χ0) is 26.2. The lowest BCUT2D eigenvalue weighted by atomic mass is 10.1. The Morgan fingerprint density at radius 2 is 1.84 bits per heavy atom. The van der Waals surface area contributed by atoms with Crippen LogP contribution >= 0.6 is 23.1 Å². The minimum atomic E-state index is -0.837. The molecule has 4 rings (SSSR count). The average molecular weight is 534 g/mol. The third-order valence-electron chi connectivity index (χ3n) is 5.41. The summed E-state index contributed by atoms with van der Waals surface area (Å²) >= 11 is 2.69. The topological polar surface area (TPSA) is 97.3 Å². The van der Waals surface area contributed by atoms with Crippen molar-refractivity contribution in [3.8, 4) is 5.75 Å². The Labute approximate surface area is 224 Å². The van der Waals surface area contributed by atoms with Gasteiger partial charge in [0.1, 0.15) is 11.8 Å². The molecule has 2 amide bonds. The van der Waals surface area contributed by atoms with Gasteiger partial charge in [0, 0.05) is 40.9 Å². The van der Waals surface area contributed by atoms with Gasteiger partial charge >= 0.3 is 0 Å². The number of ether oxygens (including phenoxy) is 1. The number of nitrogens with zero attached hydrogens (tertiary/aromatic N) is 4. The Morgan fingerprint density at radius 3 is 2.46 bits per heavy atom. The molecule has 0 spiro atoms. The SMILES string of the molecule is COc1ccc(NC(=O)C(c2cccs2)N(Cc2cccnc2)C(=O)CSc2nc(C)cc(C)n2)cc1. The Hall–Kier alpha value is -3.76. The predicted octanol–water partition coefficient (Wildman–Crippen LogP) is 5.06. The van der Waals surface area contributed by atoms with E-state index in [2.05, 4.69) is 20.3 Å². The number of amides is 2. The number of carbonyl (C=O) groups is 2. The highest BCUT2D eigenvalue weighted by Gasteiger charge is 2.32. The van der Waals surface area contributed by atoms with Crippen LogP contribution in [0.4, 0.5) is 5.69 Å². The second-order valence-corrected chi connectivity index (χ2v) is 10.2. The third-order valence-corrected chi connectivity index (χ3v) is 7.17. The Balaban J connectivity index is 1.63. The van der Waals surface area contributed by atoms with Gasteiger partial charge < -0.3 is 15.0 Å². The molecule has 1 unspecified atom stereocenters. The van der Waals surface area contributed by atoms with Crippen LogP contribution in [0.2, 0.25) is 0 Å². The van der Waals surface area contributed by atoms with Crippen molar-refractivity contribution in [1.29, 1.82) is 0 Å². The van der Waals surface area contributed by atoms with Crippen molar-refractivity contribution < 1.29 is 14.3 Å². The van der Waals surface area contributed by atoms with E-state index in [4.69, 9.17) is 4.74 Å². The van der Waals surface area contributed by atoms with Crippen molar-refractivity contribution >= 4 is 40.6 Å². The maximum absolute atomic E-state index is 13.7. The van der Waals surface area contributed by atoms with Gasteiger partial charge in [-0.3, -0.25) is 14.6 Å². The number of aromatic nitrogens is 3. The van der Waals surface area contributed by atoms with Crippen LogP contribution in [0.1, 0.15) is 27.9 Å². The molecular formula is C27H27N5O3S2. The van der Waals surface area contributed by atoms with Crippen LogP contribution in [-0.2, 0) is 16.1 Å². The van der Waals surface area contributed by atoms with Crippen LogP contribution in [-0.4, -0.2) is 44.5 Å². The van der Waals surface area contributed by atoms with Crippen molar-refractivity contribution in [1.82, 2.24) is 19.9 Å². The van der Waals surface area contributed by atoms with Gasteiger partial charge in [-0.1, -0.05) is 23.9 Å². The lowest BCUT2D eigenvalue weighted by Crippen LogP contribution is -2.41. The van der Waals surface area contributed by atoms with E-state index in [0.29, 0.717) is 16.6 Å². The smallest absolute Gasteiger partial charge is 0.252 e. The van der Waals surface area contributed by atoms with Gasteiger partial charge in [-0.15, -0.1) is 11.3 Å². The number of hydrogen-bond acceptors (Lipinski definition) is 8. The molecule has 0 aliphatic carbocycles. The molecule has 3 heterocycles. The number of thioether (sulfide) groups is 1. The summed E-state index contributed by atoms with van der Waals surface area (Å²) in [6, 6.07) is 15.6. The fourth-order valence-corrected chi connectivity index (χ4v) is 5.41. The molecule has 1 atom stereocenters. The molecular weight excluding hydrogens is 506 g/mol. The van der Waals surface area contributed by atoms with Crippen molar-refractivity contribution in [3.05, 3.63) is 94.2 Å². The number of methoxy groups -OCH3 is 1. The maximum Gasteiger partial charge on any atom is 0.252 e. The number of rotatable bonds is 10. The summed E-state index contributed by atoms with van der Waals surface area (Å²) < 4.78 is 5.21. The highest BCUT2D eigenvalue weighted by molar-refractivity contribution is 7.99. The quantitative estimate of drug-likeness (QED) is 0.225. The van der Waals surface area contributed by atoms with Crippen molar-refractivity contribution in [2.24, 2.45) is 0 Å². The molecule has 0 aliphatic rings. The minimum absolute atomic E-state index is 0.0842. The Kier molecular flexibility index (Phi) is 8.86. The molecule has 0 radical (unpaired) electrons. The van der Waals surface area contributed by atoms with E-state index in [-0.39, 0.29) is 24.1 Å². The van der Waals surface area contributed by atoms with Crippen LogP contribution in [0.15, 0.2) is 77.5 Å². The van der Waals surface area contributed by atoms with E-state index in [9.17, 15) is 9.59 Å². The van der Waals surface area contributed by atoms with Gasteiger partial charge in [-0.25, -0.2) is 9.97 Å². The number of nitrogens with one attached hydrogen (secondary N) is 1. The molecule has 0 saturated carbocycles. The second-order valence-electron chi connectivity index (χ2n) is 8.24. The van der Waals surface area contributed by atoms with E-state index in [1.807, 2.05) is 49.6 Å². The monoisotopic (exact) mass is 533 g/mol. The summed E-state index contributed by atoms with van der Waals surface area (Å²) in [5, 5.41) is 5.39. The summed E-state index contributed by atoms with van der Waals surface area (Å²) in [7, 11) is 1.59. The summed E-state index contributed by atoms with van der Waals surface area (Å²) in [4.78, 5) is 42.8. The summed E-state index contributed by atoms with van der Waals surface area (Å²) in [6.45, 7) is 4.01. The summed E-state index contributed by atoms with van der Waals surface area (Å²) in [5.41, 5.74) is 3.11. The first kappa shape index (κ1) is 26.3. The average Bonchev–Trinajstić information content (AvgIpc) is 3.42. The van der Waals surface area contributed by atoms with Gasteiger partial charge in [0.15, 0.2) is 5.16 Å². The van der Waals surface area contributed by atoms with Crippen LogP contribution < -0.4 is 10.1 Å². The predicted molar refractivity (Wildman–Crippen MR) is 146 cm³/mol. The standard InChI is InChI=1S/C27H27N5O3S2/c1-18-14-19(2)30-27(29-18)37-17-24(33)32(16-20-6-4-12-28-15-20)25(23-7-5-13-36-23)26(34)31-21-8-10-22(35-3)11-9-21/h4-15,25H,16-17H2,1-3H3,(H,31,34). The highest BCUT2D eigenvalue weighted by atomic mass is 32.2. The van der Waals surface area contributed by atoms with Gasteiger partial charge in [0.05, 0.1) is 12.9 Å². The van der Waals surface area contributed by atoms with Crippen LogP contribution in [0.5, 0.6) is 5.75 Å². The van der Waals surface area contributed by atoms with E-state index in [0.717, 1.165) is 21.8 Å². The number of thiophene rings is 1. The van der Waals surface area contributed by atoms with E-state index in [1.165, 1.54) is 23.1 Å². The van der Waals surface area contributed by atoms with Crippen LogP contribution in [0, 0.1) is 13.8 Å². The number of aryl methyl sites for hydroxylation is 2. The first-order valence-electron chi connectivity index (χ1n) is 11.5. The molecule has 10 heteroatoms. The molecule has 4 aromatic rings. The lowest BCUT2D eigenvalue weighted by Gasteiger charge is -2.30. The second kappa shape index (κ2) is 12.5. The molecule has 0 fully saturated rings. The fraction of sp³-hybridized carbons (Fsp3) is 0.222. The van der Waals surface area contributed by atoms with Gasteiger partial charge in [-0.05, 0) is 67.3 Å². The molecule has 1 aromatic carbocycles. The lowest BCUT2D eigenvalue weighted by molar-refractivity contribution is -0.137. The molecule has 8 nitrogen and oxygen atoms in total. The zero-order valence-corrected chi connectivity index (χ0v) is 22.4. The highest BCUT2D eigenvalue weighted by Crippen LogP contribution is 2.30. The first-order valence-corrected chi connectivity index (χ1v) is 13.4. The molecule has 37 heavy (non-hydrogen) atoms. The molecule has 3 aromatic heterocycles. The van der Waals surface area contributed by atoms with Crippen LogP contribution in [0.25, 0.3) is 0 Å². The van der Waals surface area contributed by atoms with Crippen molar-refractivity contribution in [2.75, 3.05) is 18.2 Å². The first-order chi connectivity index (χ1) is 17.9. The summed E-state index contributed by atoms with van der Waals surface area (Å²) in [6.07, 6.45) is 3.38. The maximum atomic E-state index is 13.7. The molecule has 0 aliphatic heterocycles. The molecule has 0 saturated heterocycles. The Bertz CT molecular complexity index is 1310. The third kappa shape index (κ3) is 7.14. The largest absolute Gasteiger partial charge is 0.497 e. The van der Waals surface area contributed by atoms with Crippen LogP contribution in [0.3, 0.4) is 0 Å². The van der Waals surface area contributed by atoms with E-state index in [1.54, 1.807) is 48.7 Å². The number of pyridine rings is 1. The Morgan fingerprint density at radius 1 is 1.08 bits per heavy atom. The normalized spacial score (nSPS) is 11.5. The molecule has 0 bridgehead atoms. The number of carbonyl (C=O) groups excluding carboxylic acids is 2. The summed E-state index contributed by atoms with van der Waals surface area (Å²) in [5.74, 6) is 0.255. The number of hydrogen-bond donors (Lipinski definition) is 1. The zero-order valence-electron chi connectivity index (χ0n) is 20.7. The van der Waals surface area contributed by atoms with Crippen molar-refractivity contribution in [3.63, 3.8) is 0 Å². The number of anilines is 1. The van der Waals surface area contributed by atoms with Gasteiger partial charge in [0.25, 0.3) is 5.91 Å². The van der Waals surface area contributed by atoms with E-state index < -0.39 is 6.04 Å². The van der Waals surface area contributed by atoms with Gasteiger partial charge in [0.2, 0.25) is 5.91 Å². The number of benzene rings is 1. The minimum Gasteiger partial charge on any atom is -0.497 e.